The molecule has 1 atom stereocenters. The van der Waals surface area contributed by atoms with Crippen molar-refractivity contribution in [2.45, 2.75) is 12.5 Å². The average Bonchev–Trinajstić information content (AvgIpc) is 2.95. The van der Waals surface area contributed by atoms with E-state index in [9.17, 15) is 0 Å². The van der Waals surface area contributed by atoms with E-state index in [1.807, 2.05) is 13.1 Å². The first-order valence-electron chi connectivity index (χ1n) is 7.46. The second-order valence-corrected chi connectivity index (χ2v) is 5.44. The summed E-state index contributed by atoms with van der Waals surface area (Å²) >= 11 is 0. The molecular weight excluding hydrogens is 260 g/mol. The molecule has 2 aromatic carbocycles. The minimum Gasteiger partial charge on any atom is -0.497 e. The molecule has 1 heterocycles. The van der Waals surface area contributed by atoms with E-state index in [0.29, 0.717) is 6.04 Å². The van der Waals surface area contributed by atoms with Crippen molar-refractivity contribution in [1.82, 2.24) is 5.32 Å². The van der Waals surface area contributed by atoms with Crippen LogP contribution in [0.2, 0.25) is 0 Å². The molecule has 0 fully saturated rings. The molecule has 0 aromatic heterocycles. The Labute approximate surface area is 126 Å². The first-order valence-corrected chi connectivity index (χ1v) is 7.46. The smallest absolute Gasteiger partial charge is 0.119 e. The average molecular weight is 282 g/mol. The lowest BCUT2D eigenvalue weighted by molar-refractivity contribution is 0.413. The highest BCUT2D eigenvalue weighted by Gasteiger charge is 2.21. The Bertz CT molecular complexity index is 612. The lowest BCUT2D eigenvalue weighted by Gasteiger charge is -2.26. The first-order chi connectivity index (χ1) is 10.3. The Morgan fingerprint density at radius 2 is 2.05 bits per heavy atom. The van der Waals surface area contributed by atoms with Crippen molar-refractivity contribution in [2.75, 3.05) is 32.1 Å². The van der Waals surface area contributed by atoms with Gasteiger partial charge in [-0.2, -0.15) is 0 Å². The number of nitrogens with zero attached hydrogens (tertiary/aromatic N) is 1. The number of methoxy groups -OCH3 is 1. The monoisotopic (exact) mass is 282 g/mol. The van der Waals surface area contributed by atoms with Crippen LogP contribution >= 0.6 is 0 Å². The molecule has 1 aliphatic rings. The number of rotatable bonds is 5. The van der Waals surface area contributed by atoms with Crippen molar-refractivity contribution in [3.63, 3.8) is 0 Å². The summed E-state index contributed by atoms with van der Waals surface area (Å²) in [5.41, 5.74) is 4.10. The van der Waals surface area contributed by atoms with Crippen LogP contribution in [0.3, 0.4) is 0 Å². The highest BCUT2D eigenvalue weighted by Crippen LogP contribution is 2.29. The molecule has 0 aliphatic carbocycles. The molecule has 110 valence electrons. The molecule has 21 heavy (non-hydrogen) atoms. The van der Waals surface area contributed by atoms with Crippen LogP contribution in [0.4, 0.5) is 5.69 Å². The molecule has 0 spiro atoms. The molecule has 0 bridgehead atoms. The summed E-state index contributed by atoms with van der Waals surface area (Å²) in [6.45, 7) is 2.07. The van der Waals surface area contributed by atoms with Gasteiger partial charge in [0, 0.05) is 24.8 Å². The van der Waals surface area contributed by atoms with Gasteiger partial charge in [0.2, 0.25) is 0 Å². The first kappa shape index (κ1) is 14.0. The Morgan fingerprint density at radius 3 is 2.86 bits per heavy atom. The maximum atomic E-state index is 5.33. The van der Waals surface area contributed by atoms with Crippen LogP contribution in [-0.4, -0.2) is 27.2 Å². The number of para-hydroxylation sites is 1. The van der Waals surface area contributed by atoms with E-state index in [1.54, 1.807) is 7.11 Å². The van der Waals surface area contributed by atoms with Crippen LogP contribution in [0, 0.1) is 0 Å². The molecule has 1 N–H and O–H groups in total. The van der Waals surface area contributed by atoms with Gasteiger partial charge in [-0.1, -0.05) is 30.3 Å². The SMILES string of the molecule is CNC(CN1CCc2ccccc21)c1cccc(OC)c1. The van der Waals surface area contributed by atoms with Gasteiger partial charge in [-0.05, 0) is 42.8 Å². The molecule has 1 unspecified atom stereocenters. The Balaban J connectivity index is 1.79. The summed E-state index contributed by atoms with van der Waals surface area (Å²) in [7, 11) is 3.73. The van der Waals surface area contributed by atoms with E-state index in [1.165, 1.54) is 16.8 Å². The summed E-state index contributed by atoms with van der Waals surface area (Å²) in [5.74, 6) is 0.912. The topological polar surface area (TPSA) is 24.5 Å². The number of hydrogen-bond acceptors (Lipinski definition) is 3. The highest BCUT2D eigenvalue weighted by atomic mass is 16.5. The summed E-state index contributed by atoms with van der Waals surface area (Å²) < 4.78 is 5.33. The van der Waals surface area contributed by atoms with Gasteiger partial charge >= 0.3 is 0 Å². The lowest BCUT2D eigenvalue weighted by Crippen LogP contribution is -2.32. The van der Waals surface area contributed by atoms with Crippen LogP contribution in [0.25, 0.3) is 0 Å². The predicted molar refractivity (Wildman–Crippen MR) is 87.2 cm³/mol. The number of hydrogen-bond donors (Lipinski definition) is 1. The van der Waals surface area contributed by atoms with Gasteiger partial charge < -0.3 is 15.0 Å². The third-order valence-electron chi connectivity index (χ3n) is 4.23. The summed E-state index contributed by atoms with van der Waals surface area (Å²) in [6, 6.07) is 17.3. The molecule has 1 aliphatic heterocycles. The fraction of sp³-hybridized carbons (Fsp3) is 0.333. The normalized spacial score (nSPS) is 14.9. The van der Waals surface area contributed by atoms with Crippen LogP contribution in [0.15, 0.2) is 48.5 Å². The van der Waals surface area contributed by atoms with E-state index in [2.05, 4.69) is 52.7 Å². The maximum Gasteiger partial charge on any atom is 0.119 e. The van der Waals surface area contributed by atoms with Crippen LogP contribution < -0.4 is 15.0 Å². The molecule has 3 rings (SSSR count). The van der Waals surface area contributed by atoms with Gasteiger partial charge in [-0.15, -0.1) is 0 Å². The second kappa shape index (κ2) is 6.19. The van der Waals surface area contributed by atoms with Crippen LogP contribution in [0.1, 0.15) is 17.2 Å². The van der Waals surface area contributed by atoms with Crippen LogP contribution in [-0.2, 0) is 6.42 Å². The number of nitrogens with one attached hydrogen (secondary N) is 1. The summed E-state index contributed by atoms with van der Waals surface area (Å²) in [5, 5.41) is 3.43. The van der Waals surface area contributed by atoms with E-state index in [4.69, 9.17) is 4.74 Å². The number of fused-ring (bicyclic) bond motifs is 1. The molecule has 3 heteroatoms. The highest BCUT2D eigenvalue weighted by molar-refractivity contribution is 5.58. The molecule has 0 saturated carbocycles. The fourth-order valence-electron chi connectivity index (χ4n) is 3.04. The van der Waals surface area contributed by atoms with E-state index >= 15 is 0 Å². The minimum absolute atomic E-state index is 0.297. The number of ether oxygens (including phenoxy) is 1. The van der Waals surface area contributed by atoms with Gasteiger partial charge in [0.05, 0.1) is 7.11 Å². The molecule has 3 nitrogen and oxygen atoms in total. The molecule has 0 saturated heterocycles. The van der Waals surface area contributed by atoms with Gasteiger partial charge in [0.1, 0.15) is 5.75 Å². The van der Waals surface area contributed by atoms with Gasteiger partial charge in [-0.25, -0.2) is 0 Å². The zero-order valence-corrected chi connectivity index (χ0v) is 12.7. The largest absolute Gasteiger partial charge is 0.497 e. The predicted octanol–water partition coefficient (Wildman–Crippen LogP) is 3.02. The maximum absolute atomic E-state index is 5.33. The van der Waals surface area contributed by atoms with Crippen molar-refractivity contribution >= 4 is 5.69 Å². The minimum atomic E-state index is 0.297. The number of anilines is 1. The number of benzene rings is 2. The number of likely N-dealkylation sites (N-methyl/N-ethyl adjacent to an activating group) is 1. The molecule has 2 aromatic rings. The Kier molecular flexibility index (Phi) is 4.11. The Hall–Kier alpha value is -2.00. The van der Waals surface area contributed by atoms with Crippen molar-refractivity contribution in [3.05, 3.63) is 59.7 Å². The molecular formula is C18H22N2O. The zero-order chi connectivity index (χ0) is 14.7. The second-order valence-electron chi connectivity index (χ2n) is 5.44. The van der Waals surface area contributed by atoms with E-state index in [-0.39, 0.29) is 0 Å². The van der Waals surface area contributed by atoms with E-state index < -0.39 is 0 Å². The van der Waals surface area contributed by atoms with Crippen LogP contribution in [0.5, 0.6) is 5.75 Å². The Morgan fingerprint density at radius 1 is 1.19 bits per heavy atom. The quantitative estimate of drug-likeness (QED) is 0.912. The molecule has 0 amide bonds. The lowest BCUT2D eigenvalue weighted by atomic mass is 10.1. The third-order valence-corrected chi connectivity index (χ3v) is 4.23. The fourth-order valence-corrected chi connectivity index (χ4v) is 3.04. The standard InChI is InChI=1S/C18H22N2O/c1-19-17(15-7-5-8-16(12-15)21-2)13-20-11-10-14-6-3-4-9-18(14)20/h3-9,12,17,19H,10-11,13H2,1-2H3. The summed E-state index contributed by atoms with van der Waals surface area (Å²) in [4.78, 5) is 2.47. The zero-order valence-electron chi connectivity index (χ0n) is 12.7. The van der Waals surface area contributed by atoms with Crippen molar-refractivity contribution in [2.24, 2.45) is 0 Å². The summed E-state index contributed by atoms with van der Waals surface area (Å²) in [6.07, 6.45) is 1.14. The van der Waals surface area contributed by atoms with Crippen molar-refractivity contribution < 1.29 is 4.74 Å². The van der Waals surface area contributed by atoms with Gasteiger partial charge in [-0.3, -0.25) is 0 Å². The van der Waals surface area contributed by atoms with Gasteiger partial charge in [0.15, 0.2) is 0 Å². The van der Waals surface area contributed by atoms with Crippen molar-refractivity contribution in [1.29, 1.82) is 0 Å². The third kappa shape index (κ3) is 2.88. The van der Waals surface area contributed by atoms with E-state index in [0.717, 1.165) is 25.3 Å². The van der Waals surface area contributed by atoms with Gasteiger partial charge in [0.25, 0.3) is 0 Å². The molecule has 0 radical (unpaired) electrons. The van der Waals surface area contributed by atoms with Crippen molar-refractivity contribution in [3.8, 4) is 5.75 Å².